The minimum Gasteiger partial charge on any atom is -0.309 e. The Morgan fingerprint density at radius 2 is 0.676 bits per heavy atom. The summed E-state index contributed by atoms with van der Waals surface area (Å²) in [6.45, 7) is 9.74. The molecule has 0 fully saturated rings. The molecule has 0 bridgehead atoms. The normalized spacial score (nSPS) is 15.1. The fourth-order valence-corrected chi connectivity index (χ4v) is 13.1. The van der Waals surface area contributed by atoms with Crippen LogP contribution in [0.5, 0.6) is 0 Å². The number of hydrogen-bond acceptors (Lipinski definition) is 1. The first-order valence-electron chi connectivity index (χ1n) is 24.2. The van der Waals surface area contributed by atoms with E-state index in [0.717, 1.165) is 11.4 Å². The summed E-state index contributed by atoms with van der Waals surface area (Å²) in [5.74, 6) is 0. The van der Waals surface area contributed by atoms with Crippen molar-refractivity contribution >= 4 is 17.1 Å². The van der Waals surface area contributed by atoms with E-state index in [9.17, 15) is 0 Å². The van der Waals surface area contributed by atoms with Gasteiger partial charge in [0.05, 0.1) is 11.1 Å². The minimum atomic E-state index is -0.480. The predicted octanol–water partition coefficient (Wildman–Crippen LogP) is 17.4. The molecule has 322 valence electrons. The van der Waals surface area contributed by atoms with Crippen molar-refractivity contribution in [3.63, 3.8) is 0 Å². The summed E-state index contributed by atoms with van der Waals surface area (Å²) in [7, 11) is 0. The molecule has 10 aromatic carbocycles. The zero-order valence-electron chi connectivity index (χ0n) is 38.8. The molecule has 14 rings (SSSR count). The van der Waals surface area contributed by atoms with Crippen LogP contribution in [-0.2, 0) is 16.2 Å². The van der Waals surface area contributed by atoms with Gasteiger partial charge >= 0.3 is 0 Å². The van der Waals surface area contributed by atoms with Crippen LogP contribution in [0.15, 0.2) is 224 Å². The summed E-state index contributed by atoms with van der Waals surface area (Å²) >= 11 is 0. The van der Waals surface area contributed by atoms with Crippen LogP contribution in [0.1, 0.15) is 72.2 Å². The molecule has 1 heteroatoms. The van der Waals surface area contributed by atoms with Gasteiger partial charge in [0, 0.05) is 33.3 Å². The van der Waals surface area contributed by atoms with Crippen molar-refractivity contribution in [1.82, 2.24) is 0 Å². The summed E-state index contributed by atoms with van der Waals surface area (Å²) in [4.78, 5) is 2.65. The molecule has 0 heterocycles. The zero-order valence-corrected chi connectivity index (χ0v) is 38.8. The average molecular weight is 868 g/mol. The van der Waals surface area contributed by atoms with E-state index in [1.165, 1.54) is 117 Å². The summed E-state index contributed by atoms with van der Waals surface area (Å²) < 4.78 is 0. The Morgan fingerprint density at radius 3 is 1.25 bits per heavy atom. The molecule has 0 amide bonds. The van der Waals surface area contributed by atoms with E-state index in [1.54, 1.807) is 0 Å². The molecule has 0 aliphatic heterocycles. The van der Waals surface area contributed by atoms with Crippen molar-refractivity contribution in [1.29, 1.82) is 0 Å². The highest BCUT2D eigenvalue weighted by Crippen LogP contribution is 2.66. The van der Waals surface area contributed by atoms with Crippen LogP contribution < -0.4 is 4.90 Å². The van der Waals surface area contributed by atoms with Crippen LogP contribution in [0.3, 0.4) is 0 Å². The second kappa shape index (κ2) is 14.0. The molecule has 1 spiro atoms. The number of anilines is 3. The molecule has 1 nitrogen and oxygen atoms in total. The van der Waals surface area contributed by atoms with Gasteiger partial charge in [-0.1, -0.05) is 222 Å². The van der Waals surface area contributed by atoms with E-state index in [4.69, 9.17) is 0 Å². The van der Waals surface area contributed by atoms with Crippen LogP contribution in [0, 0.1) is 0 Å². The zero-order chi connectivity index (χ0) is 45.5. The molecule has 0 N–H and O–H groups in total. The van der Waals surface area contributed by atoms with Crippen LogP contribution in [0.25, 0.3) is 66.8 Å². The maximum absolute atomic E-state index is 2.65. The first-order valence-corrected chi connectivity index (χ1v) is 24.2. The lowest BCUT2D eigenvalue weighted by molar-refractivity contribution is 0.639. The molecule has 10 aromatic rings. The molecule has 4 aliphatic rings. The Hall–Kier alpha value is -8.00. The standard InChI is InChI=1S/C67H49N/c1-65(2)54-27-15-14-26-52(54)62-60(65)41-61-63(53-39-45(43-21-9-6-10-22-43)33-38-55(53)66(61,3)4)64(62)68(46-34-31-44(32-35-46)42-19-7-5-8-20-42)47-36-37-51-50-25-13-18-30-58(50)67(59(51)40-47)56-28-16-11-23-48(56)49-24-12-17-29-57(49)67/h5-41H,1-4H3. The van der Waals surface area contributed by atoms with Gasteiger partial charge in [-0.2, -0.15) is 0 Å². The largest absolute Gasteiger partial charge is 0.309 e. The van der Waals surface area contributed by atoms with Gasteiger partial charge in [0.25, 0.3) is 0 Å². The Labute approximate surface area is 399 Å². The summed E-state index contributed by atoms with van der Waals surface area (Å²) in [6.07, 6.45) is 0. The second-order valence-corrected chi connectivity index (χ2v) is 20.4. The van der Waals surface area contributed by atoms with Crippen molar-refractivity contribution in [3.8, 4) is 66.8 Å². The van der Waals surface area contributed by atoms with Crippen LogP contribution >= 0.6 is 0 Å². The fourth-order valence-electron chi connectivity index (χ4n) is 13.1. The van der Waals surface area contributed by atoms with Crippen molar-refractivity contribution in [2.45, 2.75) is 43.9 Å². The van der Waals surface area contributed by atoms with E-state index in [2.05, 4.69) is 257 Å². The fraction of sp³-hybridized carbons (Fsp3) is 0.104. The molecule has 0 saturated carbocycles. The molecular formula is C67H49N. The van der Waals surface area contributed by atoms with Gasteiger partial charge in [0.15, 0.2) is 0 Å². The van der Waals surface area contributed by atoms with Crippen LogP contribution in [0.4, 0.5) is 17.1 Å². The maximum atomic E-state index is 2.65. The van der Waals surface area contributed by atoms with Crippen LogP contribution in [-0.4, -0.2) is 0 Å². The minimum absolute atomic E-state index is 0.223. The third-order valence-electron chi connectivity index (χ3n) is 16.3. The predicted molar refractivity (Wildman–Crippen MR) is 283 cm³/mol. The Bertz CT molecular complexity index is 3660. The number of benzene rings is 10. The third-order valence-corrected chi connectivity index (χ3v) is 16.3. The third kappa shape index (κ3) is 5.11. The van der Waals surface area contributed by atoms with Crippen molar-refractivity contribution in [3.05, 3.63) is 269 Å². The Balaban J connectivity index is 1.11. The second-order valence-electron chi connectivity index (χ2n) is 20.4. The average Bonchev–Trinajstić information content (AvgIpc) is 4.02. The molecule has 0 saturated heterocycles. The highest BCUT2D eigenvalue weighted by molar-refractivity contribution is 6.07. The molecule has 4 aliphatic carbocycles. The van der Waals surface area contributed by atoms with Gasteiger partial charge in [-0.3, -0.25) is 0 Å². The van der Waals surface area contributed by atoms with Gasteiger partial charge in [0.1, 0.15) is 0 Å². The lowest BCUT2D eigenvalue weighted by atomic mass is 9.70. The topological polar surface area (TPSA) is 3.24 Å². The van der Waals surface area contributed by atoms with E-state index < -0.39 is 5.41 Å². The van der Waals surface area contributed by atoms with Crippen molar-refractivity contribution in [2.75, 3.05) is 4.90 Å². The highest BCUT2D eigenvalue weighted by Gasteiger charge is 2.52. The Morgan fingerprint density at radius 1 is 0.265 bits per heavy atom. The first-order chi connectivity index (χ1) is 33.3. The summed E-state index contributed by atoms with van der Waals surface area (Å²) in [6, 6.07) is 84.9. The molecule has 0 aromatic heterocycles. The highest BCUT2D eigenvalue weighted by atomic mass is 15.1. The number of fused-ring (bicyclic) bond motifs is 16. The number of nitrogens with zero attached hydrogens (tertiary/aromatic N) is 1. The monoisotopic (exact) mass is 867 g/mol. The quantitative estimate of drug-likeness (QED) is 0.167. The smallest absolute Gasteiger partial charge is 0.0726 e. The maximum Gasteiger partial charge on any atom is 0.0726 e. The molecule has 0 unspecified atom stereocenters. The van der Waals surface area contributed by atoms with Gasteiger partial charge in [-0.15, -0.1) is 0 Å². The number of hydrogen-bond donors (Lipinski definition) is 0. The van der Waals surface area contributed by atoms with Gasteiger partial charge in [-0.05, 0) is 130 Å². The lowest BCUT2D eigenvalue weighted by Crippen LogP contribution is -2.26. The van der Waals surface area contributed by atoms with E-state index in [0.29, 0.717) is 0 Å². The van der Waals surface area contributed by atoms with E-state index >= 15 is 0 Å². The molecule has 0 radical (unpaired) electrons. The number of rotatable bonds is 5. The van der Waals surface area contributed by atoms with Crippen molar-refractivity contribution < 1.29 is 0 Å². The first kappa shape index (κ1) is 39.2. The lowest BCUT2D eigenvalue weighted by Gasteiger charge is -2.34. The van der Waals surface area contributed by atoms with Crippen LogP contribution in [0.2, 0.25) is 0 Å². The van der Waals surface area contributed by atoms with Crippen molar-refractivity contribution in [2.24, 2.45) is 0 Å². The summed E-state index contributed by atoms with van der Waals surface area (Å²) in [5, 5.41) is 0. The SMILES string of the molecule is CC1(C)c2ccccc2-c2c1cc1c(c2N(c2ccc(-c3ccccc3)cc2)c2ccc3c(c2)C2(c4ccccc4-c4ccccc42)c2ccccc2-3)-c2cc(-c3ccccc3)ccc2C1(C)C. The molecular weight excluding hydrogens is 819 g/mol. The van der Waals surface area contributed by atoms with E-state index in [1.807, 2.05) is 0 Å². The van der Waals surface area contributed by atoms with Gasteiger partial charge < -0.3 is 4.90 Å². The van der Waals surface area contributed by atoms with Gasteiger partial charge in [-0.25, -0.2) is 0 Å². The van der Waals surface area contributed by atoms with Gasteiger partial charge in [0.2, 0.25) is 0 Å². The molecule has 68 heavy (non-hydrogen) atoms. The van der Waals surface area contributed by atoms with E-state index in [-0.39, 0.29) is 10.8 Å². The Kier molecular flexibility index (Phi) is 8.08. The molecule has 0 atom stereocenters. The summed E-state index contributed by atoms with van der Waals surface area (Å²) in [5.41, 5.74) is 28.8.